The van der Waals surface area contributed by atoms with Gasteiger partial charge >= 0.3 is 5.97 Å². The first-order valence-corrected chi connectivity index (χ1v) is 8.51. The van der Waals surface area contributed by atoms with Crippen LogP contribution in [-0.4, -0.2) is 66.8 Å². The molecule has 0 saturated carbocycles. The third kappa shape index (κ3) is 3.72. The number of nitrogens with zero attached hydrogens (tertiary/aromatic N) is 2. The van der Waals surface area contributed by atoms with Gasteiger partial charge in [0.15, 0.2) is 0 Å². The lowest BCUT2D eigenvalue weighted by Crippen LogP contribution is -2.56. The van der Waals surface area contributed by atoms with Gasteiger partial charge in [-0.25, -0.2) is 0 Å². The van der Waals surface area contributed by atoms with Gasteiger partial charge in [0.25, 0.3) is 10.2 Å². The Bertz CT molecular complexity index is 521. The number of carboxylic acid groups (broad SMARTS) is 1. The Morgan fingerprint density at radius 1 is 1.33 bits per heavy atom. The van der Waals surface area contributed by atoms with E-state index in [1.165, 1.54) is 4.90 Å². The van der Waals surface area contributed by atoms with Gasteiger partial charge in [-0.2, -0.15) is 17.4 Å². The molecule has 0 aromatic carbocycles. The summed E-state index contributed by atoms with van der Waals surface area (Å²) < 4.78 is 28.4. The lowest BCUT2D eigenvalue weighted by atomic mass is 10.1. The van der Waals surface area contributed by atoms with Crippen LogP contribution >= 0.6 is 0 Å². The molecule has 2 fully saturated rings. The highest BCUT2D eigenvalue weighted by Crippen LogP contribution is 2.21. The van der Waals surface area contributed by atoms with Crippen LogP contribution in [0.4, 0.5) is 0 Å². The monoisotopic (exact) mass is 319 g/mol. The first-order valence-electron chi connectivity index (χ1n) is 7.07. The Kier molecular flexibility index (Phi) is 4.84. The molecule has 0 radical (unpaired) electrons. The fourth-order valence-electron chi connectivity index (χ4n) is 2.83. The highest BCUT2D eigenvalue weighted by molar-refractivity contribution is 7.87. The number of nitrogens with one attached hydrogen (secondary N) is 1. The molecule has 0 aromatic heterocycles. The van der Waals surface area contributed by atoms with E-state index in [-0.39, 0.29) is 18.5 Å². The van der Waals surface area contributed by atoms with Gasteiger partial charge in [0.2, 0.25) is 5.91 Å². The average molecular weight is 319 g/mol. The molecule has 2 heterocycles. The van der Waals surface area contributed by atoms with Crippen LogP contribution in [0.25, 0.3) is 0 Å². The number of hydrogen-bond donors (Lipinski definition) is 2. The van der Waals surface area contributed by atoms with Crippen LogP contribution in [0.3, 0.4) is 0 Å². The summed E-state index contributed by atoms with van der Waals surface area (Å²) in [5, 5.41) is 9.17. The van der Waals surface area contributed by atoms with Crippen LogP contribution in [0.5, 0.6) is 0 Å². The Morgan fingerprint density at radius 2 is 2.05 bits per heavy atom. The van der Waals surface area contributed by atoms with Crippen molar-refractivity contribution in [2.24, 2.45) is 0 Å². The molecule has 120 valence electrons. The first kappa shape index (κ1) is 16.2. The van der Waals surface area contributed by atoms with E-state index in [4.69, 9.17) is 5.11 Å². The summed E-state index contributed by atoms with van der Waals surface area (Å²) in [6, 6.07) is -1.37. The normalized spacial score (nSPS) is 28.6. The van der Waals surface area contributed by atoms with Crippen molar-refractivity contribution in [3.63, 3.8) is 0 Å². The number of aliphatic carboxylic acids is 1. The molecule has 0 bridgehead atoms. The smallest absolute Gasteiger partial charge is 0.322 e. The zero-order valence-electron chi connectivity index (χ0n) is 12.0. The Morgan fingerprint density at radius 3 is 2.67 bits per heavy atom. The lowest BCUT2D eigenvalue weighted by Gasteiger charge is -2.35. The molecule has 2 rings (SSSR count). The summed E-state index contributed by atoms with van der Waals surface area (Å²) in [5.41, 5.74) is 0. The molecule has 8 nitrogen and oxygen atoms in total. The molecule has 1 amide bonds. The van der Waals surface area contributed by atoms with Crippen molar-refractivity contribution in [2.75, 3.05) is 20.1 Å². The van der Waals surface area contributed by atoms with E-state index in [9.17, 15) is 18.0 Å². The summed E-state index contributed by atoms with van der Waals surface area (Å²) in [7, 11) is -2.22. The summed E-state index contributed by atoms with van der Waals surface area (Å²) in [5.74, 6) is -1.12. The van der Waals surface area contributed by atoms with E-state index in [1.54, 1.807) is 7.05 Å². The number of likely N-dealkylation sites (N-methyl/N-ethyl adjacent to an activating group) is 1. The zero-order valence-corrected chi connectivity index (χ0v) is 12.8. The van der Waals surface area contributed by atoms with Gasteiger partial charge in [0.05, 0.1) is 0 Å². The van der Waals surface area contributed by atoms with Gasteiger partial charge in [-0.1, -0.05) is 0 Å². The Labute approximate surface area is 124 Å². The number of carbonyl (C=O) groups is 2. The highest BCUT2D eigenvalue weighted by Gasteiger charge is 2.38. The number of amides is 1. The maximum atomic E-state index is 12.4. The van der Waals surface area contributed by atoms with E-state index in [0.29, 0.717) is 38.6 Å². The maximum Gasteiger partial charge on any atom is 0.322 e. The van der Waals surface area contributed by atoms with E-state index >= 15 is 0 Å². The molecule has 0 aromatic rings. The van der Waals surface area contributed by atoms with Crippen LogP contribution < -0.4 is 4.72 Å². The quantitative estimate of drug-likeness (QED) is 0.718. The molecule has 9 heteroatoms. The minimum absolute atomic E-state index is 0.00756. The second kappa shape index (κ2) is 6.29. The number of carboxylic acids is 1. The van der Waals surface area contributed by atoms with Gasteiger partial charge in [-0.05, 0) is 25.7 Å². The SMILES string of the molecule is CN1CC(NS(=O)(=O)N2CCCCC2C(=O)O)CCC1=O. The van der Waals surface area contributed by atoms with Crippen LogP contribution in [0, 0.1) is 0 Å². The maximum absolute atomic E-state index is 12.4. The molecule has 0 spiro atoms. The number of hydrogen-bond acceptors (Lipinski definition) is 4. The molecule has 2 N–H and O–H groups in total. The van der Waals surface area contributed by atoms with Crippen molar-refractivity contribution in [1.82, 2.24) is 13.9 Å². The molecular weight excluding hydrogens is 298 g/mol. The largest absolute Gasteiger partial charge is 0.480 e. The van der Waals surface area contributed by atoms with Gasteiger partial charge in [-0.15, -0.1) is 0 Å². The van der Waals surface area contributed by atoms with Crippen molar-refractivity contribution in [3.05, 3.63) is 0 Å². The standard InChI is InChI=1S/C12H21N3O5S/c1-14-8-9(5-6-11(14)16)13-21(19,20)15-7-3-2-4-10(15)12(17)18/h9-10,13H,2-8H2,1H3,(H,17,18). The number of piperidine rings is 2. The number of rotatable bonds is 4. The molecule has 0 aliphatic carbocycles. The summed E-state index contributed by atoms with van der Waals surface area (Å²) in [4.78, 5) is 24.1. The first-order chi connectivity index (χ1) is 9.81. The van der Waals surface area contributed by atoms with Gasteiger partial charge in [0.1, 0.15) is 6.04 Å². The predicted octanol–water partition coefficient (Wildman–Crippen LogP) is -0.619. The minimum atomic E-state index is -3.85. The van der Waals surface area contributed by atoms with Crippen molar-refractivity contribution < 1.29 is 23.1 Å². The highest BCUT2D eigenvalue weighted by atomic mass is 32.2. The van der Waals surface area contributed by atoms with Gasteiger partial charge in [-0.3, -0.25) is 9.59 Å². The second-order valence-electron chi connectivity index (χ2n) is 5.59. The van der Waals surface area contributed by atoms with E-state index < -0.39 is 22.2 Å². The molecule has 2 unspecified atom stereocenters. The summed E-state index contributed by atoms with van der Waals surface area (Å²) in [6.45, 7) is 0.525. The third-order valence-electron chi connectivity index (χ3n) is 3.99. The van der Waals surface area contributed by atoms with E-state index in [1.807, 2.05) is 0 Å². The molecule has 2 saturated heterocycles. The summed E-state index contributed by atoms with van der Waals surface area (Å²) in [6.07, 6.45) is 2.44. The molecule has 21 heavy (non-hydrogen) atoms. The van der Waals surface area contributed by atoms with Crippen molar-refractivity contribution in [1.29, 1.82) is 0 Å². The number of likely N-dealkylation sites (tertiary alicyclic amines) is 1. The van der Waals surface area contributed by atoms with E-state index in [2.05, 4.69) is 4.72 Å². The fraction of sp³-hybridized carbons (Fsp3) is 0.833. The van der Waals surface area contributed by atoms with Crippen LogP contribution in [0.2, 0.25) is 0 Å². The Hall–Kier alpha value is -1.19. The minimum Gasteiger partial charge on any atom is -0.480 e. The molecule has 2 aliphatic heterocycles. The third-order valence-corrected chi connectivity index (χ3v) is 5.68. The van der Waals surface area contributed by atoms with Crippen molar-refractivity contribution in [3.8, 4) is 0 Å². The van der Waals surface area contributed by atoms with Crippen molar-refractivity contribution >= 4 is 22.1 Å². The number of carbonyl (C=O) groups excluding carboxylic acids is 1. The van der Waals surface area contributed by atoms with Gasteiger partial charge in [0, 0.05) is 32.6 Å². The summed E-state index contributed by atoms with van der Waals surface area (Å²) >= 11 is 0. The molecular formula is C12H21N3O5S. The zero-order chi connectivity index (χ0) is 15.6. The van der Waals surface area contributed by atoms with Crippen LogP contribution in [-0.2, 0) is 19.8 Å². The van der Waals surface area contributed by atoms with Crippen LogP contribution in [0.15, 0.2) is 0 Å². The second-order valence-corrected chi connectivity index (χ2v) is 7.25. The predicted molar refractivity (Wildman–Crippen MR) is 74.7 cm³/mol. The Balaban J connectivity index is 2.06. The molecule has 2 aliphatic rings. The van der Waals surface area contributed by atoms with Crippen molar-refractivity contribution in [2.45, 2.75) is 44.2 Å². The fourth-order valence-corrected chi connectivity index (χ4v) is 4.48. The molecule has 2 atom stereocenters. The van der Waals surface area contributed by atoms with E-state index in [0.717, 1.165) is 4.31 Å². The lowest BCUT2D eigenvalue weighted by molar-refractivity contribution is -0.142. The van der Waals surface area contributed by atoms with Gasteiger partial charge < -0.3 is 10.0 Å². The average Bonchev–Trinajstić information content (AvgIpc) is 2.42. The van der Waals surface area contributed by atoms with Crippen LogP contribution in [0.1, 0.15) is 32.1 Å². The topological polar surface area (TPSA) is 107 Å².